The van der Waals surface area contributed by atoms with Crippen LogP contribution >= 0.6 is 0 Å². The Kier molecular flexibility index (Phi) is 5.74. The average Bonchev–Trinajstić information content (AvgIpc) is 2.52. The molecule has 2 N–H and O–H groups in total. The number of hydrogen-bond donors (Lipinski definition) is 2. The van der Waals surface area contributed by atoms with Crippen LogP contribution in [0.25, 0.3) is 0 Å². The molecule has 23 heavy (non-hydrogen) atoms. The highest BCUT2D eigenvalue weighted by Gasteiger charge is 2.28. The Morgan fingerprint density at radius 3 is 2.57 bits per heavy atom. The molecule has 0 aliphatic heterocycles. The van der Waals surface area contributed by atoms with Gasteiger partial charge in [0.25, 0.3) is 5.91 Å². The molecule has 4 nitrogen and oxygen atoms in total. The van der Waals surface area contributed by atoms with E-state index in [2.05, 4.69) is 10.6 Å². The quantitative estimate of drug-likeness (QED) is 0.865. The van der Waals surface area contributed by atoms with Gasteiger partial charge in [0.15, 0.2) is 0 Å². The van der Waals surface area contributed by atoms with Gasteiger partial charge in [-0.15, -0.1) is 0 Å². The minimum absolute atomic E-state index is 0.0915. The van der Waals surface area contributed by atoms with Crippen molar-refractivity contribution in [3.63, 3.8) is 0 Å². The summed E-state index contributed by atoms with van der Waals surface area (Å²) in [5, 5.41) is 5.19. The van der Waals surface area contributed by atoms with Crippen molar-refractivity contribution in [1.29, 1.82) is 0 Å². The molecule has 0 spiro atoms. The van der Waals surface area contributed by atoms with Crippen LogP contribution in [0.5, 0.6) is 5.75 Å². The summed E-state index contributed by atoms with van der Waals surface area (Å²) >= 11 is 0. The van der Waals surface area contributed by atoms with E-state index in [0.29, 0.717) is 5.75 Å². The number of nitrogens with one attached hydrogen (secondary N) is 2. The predicted octanol–water partition coefficient (Wildman–Crippen LogP) is 3.73. The number of carbonyl (C=O) groups excluding carboxylic acids is 1. The second-order valence-corrected chi connectivity index (χ2v) is 5.69. The molecule has 1 amide bonds. The molecule has 7 heteroatoms. The normalized spacial score (nSPS) is 16.0. The Hall–Kier alpha value is -1.92. The van der Waals surface area contributed by atoms with E-state index in [4.69, 9.17) is 4.74 Å². The average molecular weight is 330 g/mol. The summed E-state index contributed by atoms with van der Waals surface area (Å²) in [4.78, 5) is 12.4. The molecule has 128 valence electrons. The van der Waals surface area contributed by atoms with Crippen LogP contribution in [0.15, 0.2) is 18.2 Å². The molecular weight excluding hydrogens is 309 g/mol. The zero-order valence-electron chi connectivity index (χ0n) is 13.0. The van der Waals surface area contributed by atoms with Crippen molar-refractivity contribution in [2.45, 2.75) is 44.3 Å². The van der Waals surface area contributed by atoms with Gasteiger partial charge in [0.1, 0.15) is 12.3 Å². The maximum Gasteiger partial charge on any atom is 0.405 e. The summed E-state index contributed by atoms with van der Waals surface area (Å²) < 4.78 is 42.3. The number of anilines is 1. The molecule has 0 heterocycles. The zero-order chi connectivity index (χ0) is 16.9. The molecule has 1 saturated carbocycles. The molecule has 1 aromatic carbocycles. The first kappa shape index (κ1) is 17.4. The van der Waals surface area contributed by atoms with E-state index in [-0.39, 0.29) is 23.2 Å². The summed E-state index contributed by atoms with van der Waals surface area (Å²) in [6.45, 7) is -1.20. The topological polar surface area (TPSA) is 50.4 Å². The van der Waals surface area contributed by atoms with Crippen LogP contribution in [-0.2, 0) is 0 Å². The molecule has 0 bridgehead atoms. The number of hydrogen-bond acceptors (Lipinski definition) is 3. The first-order chi connectivity index (χ1) is 10.9. The largest absolute Gasteiger partial charge is 0.497 e. The molecular formula is C16H21F3N2O2. The monoisotopic (exact) mass is 330 g/mol. The van der Waals surface area contributed by atoms with E-state index >= 15 is 0 Å². The highest BCUT2D eigenvalue weighted by molar-refractivity contribution is 6.00. The van der Waals surface area contributed by atoms with E-state index in [0.717, 1.165) is 32.1 Å². The summed E-state index contributed by atoms with van der Waals surface area (Å²) in [5.41, 5.74) is 0.315. The van der Waals surface area contributed by atoms with Crippen LogP contribution in [0.3, 0.4) is 0 Å². The van der Waals surface area contributed by atoms with E-state index in [1.54, 1.807) is 6.07 Å². The Balaban J connectivity index is 2.13. The van der Waals surface area contributed by atoms with Crippen LogP contribution in [0.2, 0.25) is 0 Å². The fourth-order valence-electron chi connectivity index (χ4n) is 2.70. The van der Waals surface area contributed by atoms with Crippen LogP contribution in [0, 0.1) is 0 Å². The van der Waals surface area contributed by atoms with E-state index in [1.807, 2.05) is 0 Å². The first-order valence-electron chi connectivity index (χ1n) is 7.68. The number of benzene rings is 1. The van der Waals surface area contributed by atoms with Gasteiger partial charge in [-0.05, 0) is 25.0 Å². The Morgan fingerprint density at radius 1 is 1.26 bits per heavy atom. The molecule has 0 unspecified atom stereocenters. The van der Waals surface area contributed by atoms with E-state index < -0.39 is 12.7 Å². The molecule has 1 aliphatic rings. The molecule has 0 saturated heterocycles. The SMILES string of the molecule is COc1ccc(C(=O)NC2CCCCC2)c(NCC(F)(F)F)c1. The van der Waals surface area contributed by atoms with Crippen LogP contribution in [0.1, 0.15) is 42.5 Å². The Bertz CT molecular complexity index is 541. The maximum atomic E-state index is 12.4. The van der Waals surface area contributed by atoms with Gasteiger partial charge >= 0.3 is 6.18 Å². The molecule has 1 aromatic rings. The van der Waals surface area contributed by atoms with Crippen LogP contribution < -0.4 is 15.4 Å². The van der Waals surface area contributed by atoms with Crippen molar-refractivity contribution in [2.24, 2.45) is 0 Å². The zero-order valence-corrected chi connectivity index (χ0v) is 13.0. The van der Waals surface area contributed by atoms with Gasteiger partial charge in [-0.2, -0.15) is 13.2 Å². The van der Waals surface area contributed by atoms with Gasteiger partial charge in [0.2, 0.25) is 0 Å². The van der Waals surface area contributed by atoms with Gasteiger partial charge in [-0.25, -0.2) is 0 Å². The van der Waals surface area contributed by atoms with Crippen molar-refractivity contribution < 1.29 is 22.7 Å². The second-order valence-electron chi connectivity index (χ2n) is 5.69. The van der Waals surface area contributed by atoms with Gasteiger partial charge in [-0.1, -0.05) is 19.3 Å². The second kappa shape index (κ2) is 7.57. The van der Waals surface area contributed by atoms with Gasteiger partial charge in [-0.3, -0.25) is 4.79 Å². The van der Waals surface area contributed by atoms with Crippen molar-refractivity contribution in [3.8, 4) is 5.75 Å². The first-order valence-corrected chi connectivity index (χ1v) is 7.68. The van der Waals surface area contributed by atoms with Crippen molar-refractivity contribution >= 4 is 11.6 Å². The summed E-state index contributed by atoms with van der Waals surface area (Å²) in [6, 6.07) is 4.54. The molecule has 0 atom stereocenters. The number of alkyl halides is 3. The number of methoxy groups -OCH3 is 1. The number of rotatable bonds is 5. The predicted molar refractivity (Wildman–Crippen MR) is 81.9 cm³/mol. The molecule has 2 rings (SSSR count). The highest BCUT2D eigenvalue weighted by atomic mass is 19.4. The lowest BCUT2D eigenvalue weighted by Crippen LogP contribution is -2.36. The number of ether oxygens (including phenoxy) is 1. The molecule has 0 aromatic heterocycles. The standard InChI is InChI=1S/C16H21F3N2O2/c1-23-12-7-8-13(14(9-12)20-10-16(17,18)19)15(22)21-11-5-3-2-4-6-11/h7-9,11,20H,2-6,10H2,1H3,(H,21,22). The minimum Gasteiger partial charge on any atom is -0.497 e. The summed E-state index contributed by atoms with van der Waals surface area (Å²) in [5.74, 6) is 0.0353. The van der Waals surface area contributed by atoms with Crippen molar-refractivity contribution in [2.75, 3.05) is 19.0 Å². The molecule has 1 fully saturated rings. The number of halogens is 3. The van der Waals surface area contributed by atoms with Crippen molar-refractivity contribution in [3.05, 3.63) is 23.8 Å². The third kappa shape index (κ3) is 5.33. The number of amides is 1. The maximum absolute atomic E-state index is 12.4. The fraction of sp³-hybridized carbons (Fsp3) is 0.562. The summed E-state index contributed by atoms with van der Waals surface area (Å²) in [7, 11) is 1.42. The number of carbonyl (C=O) groups is 1. The van der Waals surface area contributed by atoms with Crippen LogP contribution in [0.4, 0.5) is 18.9 Å². The smallest absolute Gasteiger partial charge is 0.405 e. The third-order valence-corrected chi connectivity index (χ3v) is 3.89. The Morgan fingerprint density at radius 2 is 1.96 bits per heavy atom. The molecule has 0 radical (unpaired) electrons. The van der Waals surface area contributed by atoms with Gasteiger partial charge in [0.05, 0.1) is 18.4 Å². The van der Waals surface area contributed by atoms with E-state index in [9.17, 15) is 18.0 Å². The van der Waals surface area contributed by atoms with Crippen molar-refractivity contribution in [1.82, 2.24) is 5.32 Å². The molecule has 1 aliphatic carbocycles. The minimum atomic E-state index is -4.36. The highest BCUT2D eigenvalue weighted by Crippen LogP contribution is 2.25. The lowest BCUT2D eigenvalue weighted by molar-refractivity contribution is -0.115. The lowest BCUT2D eigenvalue weighted by atomic mass is 9.95. The van der Waals surface area contributed by atoms with E-state index in [1.165, 1.54) is 19.2 Å². The fourth-order valence-corrected chi connectivity index (χ4v) is 2.70. The summed E-state index contributed by atoms with van der Waals surface area (Å²) in [6.07, 6.45) is 0.743. The van der Waals surface area contributed by atoms with Gasteiger partial charge < -0.3 is 15.4 Å². The third-order valence-electron chi connectivity index (χ3n) is 3.89. The lowest BCUT2D eigenvalue weighted by Gasteiger charge is -2.23. The Labute approximate surface area is 133 Å². The van der Waals surface area contributed by atoms with Gasteiger partial charge in [0, 0.05) is 12.1 Å². The van der Waals surface area contributed by atoms with Crippen LogP contribution in [-0.4, -0.2) is 31.8 Å².